The first-order chi connectivity index (χ1) is 9.83. The highest BCUT2D eigenvalue weighted by Gasteiger charge is 2.23. The van der Waals surface area contributed by atoms with Gasteiger partial charge in [-0.25, -0.2) is 0 Å². The van der Waals surface area contributed by atoms with Crippen molar-refractivity contribution in [3.8, 4) is 5.75 Å². The number of carbonyl (C=O) groups is 1. The van der Waals surface area contributed by atoms with Crippen LogP contribution in [0.3, 0.4) is 0 Å². The van der Waals surface area contributed by atoms with Crippen LogP contribution < -0.4 is 4.74 Å². The molecule has 1 atom stereocenters. The standard InChI is InChI=1S/C16H14O3S/c17-15(8-7-13-4-3-9-20-13)14-5-1-2-6-16(14)19-11-12-10-18-12/h1-9,12H,10-11H2/b8-7+. The zero-order valence-corrected chi connectivity index (χ0v) is 11.6. The van der Waals surface area contributed by atoms with E-state index in [1.54, 1.807) is 23.5 Å². The van der Waals surface area contributed by atoms with Crippen LogP contribution in [0.5, 0.6) is 5.75 Å². The molecule has 20 heavy (non-hydrogen) atoms. The number of hydrogen-bond donors (Lipinski definition) is 0. The van der Waals surface area contributed by atoms with Gasteiger partial charge in [-0.3, -0.25) is 4.79 Å². The number of carbonyl (C=O) groups excluding carboxylic acids is 1. The lowest BCUT2D eigenvalue weighted by molar-refractivity contribution is 0.104. The first kappa shape index (κ1) is 13.1. The van der Waals surface area contributed by atoms with E-state index in [4.69, 9.17) is 9.47 Å². The molecule has 0 spiro atoms. The minimum atomic E-state index is -0.0503. The van der Waals surface area contributed by atoms with Crippen LogP contribution in [0, 0.1) is 0 Å². The van der Waals surface area contributed by atoms with Crippen LogP contribution >= 0.6 is 11.3 Å². The van der Waals surface area contributed by atoms with Crippen molar-refractivity contribution in [2.75, 3.05) is 13.2 Å². The SMILES string of the molecule is O=C(/C=C/c1cccs1)c1ccccc1OCC1CO1. The van der Waals surface area contributed by atoms with Crippen molar-refractivity contribution in [1.82, 2.24) is 0 Å². The Bertz CT molecular complexity index is 612. The minimum absolute atomic E-state index is 0.0503. The molecule has 1 aromatic carbocycles. The summed E-state index contributed by atoms with van der Waals surface area (Å²) in [6.45, 7) is 1.24. The molecule has 0 N–H and O–H groups in total. The first-order valence-electron chi connectivity index (χ1n) is 6.42. The molecule has 0 saturated carbocycles. The first-order valence-corrected chi connectivity index (χ1v) is 7.30. The summed E-state index contributed by atoms with van der Waals surface area (Å²) in [7, 11) is 0. The maximum Gasteiger partial charge on any atom is 0.189 e. The normalized spacial score (nSPS) is 17.3. The van der Waals surface area contributed by atoms with Gasteiger partial charge in [0.25, 0.3) is 0 Å². The molecule has 1 aliphatic heterocycles. The molecule has 1 aromatic heterocycles. The highest BCUT2D eigenvalue weighted by molar-refractivity contribution is 7.10. The van der Waals surface area contributed by atoms with Gasteiger partial charge in [0.15, 0.2) is 5.78 Å². The van der Waals surface area contributed by atoms with Crippen molar-refractivity contribution in [1.29, 1.82) is 0 Å². The topological polar surface area (TPSA) is 38.8 Å². The van der Waals surface area contributed by atoms with Gasteiger partial charge in [0.05, 0.1) is 12.2 Å². The van der Waals surface area contributed by atoms with Gasteiger partial charge in [-0.15, -0.1) is 11.3 Å². The lowest BCUT2D eigenvalue weighted by Crippen LogP contribution is -2.07. The monoisotopic (exact) mass is 286 g/mol. The van der Waals surface area contributed by atoms with E-state index in [9.17, 15) is 4.79 Å². The Morgan fingerprint density at radius 2 is 2.20 bits per heavy atom. The summed E-state index contributed by atoms with van der Waals surface area (Å²) in [5, 5.41) is 1.98. The summed E-state index contributed by atoms with van der Waals surface area (Å²) in [5.41, 5.74) is 0.584. The van der Waals surface area contributed by atoms with E-state index in [1.807, 2.05) is 41.8 Å². The third-order valence-electron chi connectivity index (χ3n) is 2.92. The van der Waals surface area contributed by atoms with Crippen LogP contribution in [0.4, 0.5) is 0 Å². The molecular formula is C16H14O3S. The minimum Gasteiger partial charge on any atom is -0.490 e. The second-order valence-corrected chi connectivity index (χ2v) is 5.45. The zero-order chi connectivity index (χ0) is 13.8. The summed E-state index contributed by atoms with van der Waals surface area (Å²) in [6.07, 6.45) is 3.59. The lowest BCUT2D eigenvalue weighted by Gasteiger charge is -2.08. The molecule has 2 aromatic rings. The molecule has 3 rings (SSSR count). The molecule has 0 aliphatic carbocycles. The summed E-state index contributed by atoms with van der Waals surface area (Å²) in [6, 6.07) is 11.2. The fraction of sp³-hybridized carbons (Fsp3) is 0.188. The fourth-order valence-corrected chi connectivity index (χ4v) is 2.39. The van der Waals surface area contributed by atoms with Gasteiger partial charge in [0.2, 0.25) is 0 Å². The van der Waals surface area contributed by atoms with E-state index >= 15 is 0 Å². The molecule has 3 nitrogen and oxygen atoms in total. The third-order valence-corrected chi connectivity index (χ3v) is 3.76. The Morgan fingerprint density at radius 3 is 2.95 bits per heavy atom. The van der Waals surface area contributed by atoms with Crippen LogP contribution in [-0.4, -0.2) is 25.1 Å². The van der Waals surface area contributed by atoms with Crippen LogP contribution in [-0.2, 0) is 4.74 Å². The second kappa shape index (κ2) is 6.03. The summed E-state index contributed by atoms with van der Waals surface area (Å²) >= 11 is 1.60. The van der Waals surface area contributed by atoms with Crippen LogP contribution in [0.25, 0.3) is 6.08 Å². The number of para-hydroxylation sites is 1. The maximum absolute atomic E-state index is 12.2. The molecule has 1 aliphatic rings. The van der Waals surface area contributed by atoms with E-state index in [1.165, 1.54) is 0 Å². The van der Waals surface area contributed by atoms with Crippen LogP contribution in [0.15, 0.2) is 47.9 Å². The van der Waals surface area contributed by atoms with Crippen molar-refractivity contribution < 1.29 is 14.3 Å². The number of benzene rings is 1. The molecule has 102 valence electrons. The van der Waals surface area contributed by atoms with Gasteiger partial charge in [-0.2, -0.15) is 0 Å². The summed E-state index contributed by atoms with van der Waals surface area (Å²) < 4.78 is 10.7. The number of hydrogen-bond acceptors (Lipinski definition) is 4. The molecule has 1 fully saturated rings. The van der Waals surface area contributed by atoms with Gasteiger partial charge < -0.3 is 9.47 Å². The molecule has 2 heterocycles. The van der Waals surface area contributed by atoms with Crippen LogP contribution in [0.2, 0.25) is 0 Å². The quantitative estimate of drug-likeness (QED) is 0.464. The van der Waals surface area contributed by atoms with Gasteiger partial charge in [0, 0.05) is 4.88 Å². The predicted molar refractivity (Wildman–Crippen MR) is 79.4 cm³/mol. The molecule has 0 radical (unpaired) electrons. The predicted octanol–water partition coefficient (Wildman–Crippen LogP) is 3.42. The average Bonchev–Trinajstić information content (AvgIpc) is 3.17. The number of epoxide rings is 1. The smallest absolute Gasteiger partial charge is 0.189 e. The Morgan fingerprint density at radius 1 is 1.35 bits per heavy atom. The number of thiophene rings is 1. The Balaban J connectivity index is 1.72. The van der Waals surface area contributed by atoms with Gasteiger partial charge >= 0.3 is 0 Å². The van der Waals surface area contributed by atoms with E-state index in [0.29, 0.717) is 17.9 Å². The summed E-state index contributed by atoms with van der Waals surface area (Å²) in [4.78, 5) is 13.3. The molecule has 4 heteroatoms. The fourth-order valence-electron chi connectivity index (χ4n) is 1.78. The van der Waals surface area contributed by atoms with E-state index in [-0.39, 0.29) is 11.9 Å². The Hall–Kier alpha value is -1.91. The molecule has 1 saturated heterocycles. The number of rotatable bonds is 6. The van der Waals surface area contributed by atoms with Gasteiger partial charge in [-0.1, -0.05) is 18.2 Å². The highest BCUT2D eigenvalue weighted by atomic mass is 32.1. The summed E-state index contributed by atoms with van der Waals surface area (Å²) in [5.74, 6) is 0.564. The van der Waals surface area contributed by atoms with E-state index in [0.717, 1.165) is 11.5 Å². The Kier molecular flexibility index (Phi) is 3.95. The van der Waals surface area contributed by atoms with Crippen molar-refractivity contribution in [2.45, 2.75) is 6.10 Å². The third kappa shape index (κ3) is 3.35. The highest BCUT2D eigenvalue weighted by Crippen LogP contribution is 2.21. The lowest BCUT2D eigenvalue weighted by atomic mass is 10.1. The van der Waals surface area contributed by atoms with Crippen molar-refractivity contribution in [3.05, 3.63) is 58.3 Å². The number of allylic oxidation sites excluding steroid dienone is 1. The van der Waals surface area contributed by atoms with Crippen molar-refractivity contribution in [3.63, 3.8) is 0 Å². The van der Waals surface area contributed by atoms with Crippen molar-refractivity contribution in [2.24, 2.45) is 0 Å². The largest absolute Gasteiger partial charge is 0.490 e. The molecule has 1 unspecified atom stereocenters. The average molecular weight is 286 g/mol. The molecule has 0 bridgehead atoms. The van der Waals surface area contributed by atoms with Gasteiger partial charge in [-0.05, 0) is 35.7 Å². The van der Waals surface area contributed by atoms with E-state index in [2.05, 4.69) is 0 Å². The molecular weight excluding hydrogens is 272 g/mol. The number of ketones is 1. The second-order valence-electron chi connectivity index (χ2n) is 4.48. The van der Waals surface area contributed by atoms with Gasteiger partial charge in [0.1, 0.15) is 18.5 Å². The van der Waals surface area contributed by atoms with Crippen LogP contribution in [0.1, 0.15) is 15.2 Å². The number of ether oxygens (including phenoxy) is 2. The van der Waals surface area contributed by atoms with E-state index < -0.39 is 0 Å². The molecule has 0 amide bonds. The Labute approximate surface area is 121 Å². The maximum atomic E-state index is 12.2. The zero-order valence-electron chi connectivity index (χ0n) is 10.8. The van der Waals surface area contributed by atoms with Crippen molar-refractivity contribution >= 4 is 23.2 Å².